The van der Waals surface area contributed by atoms with Gasteiger partial charge in [-0.3, -0.25) is 9.48 Å². The van der Waals surface area contributed by atoms with Crippen molar-refractivity contribution in [3.05, 3.63) is 41.1 Å². The predicted molar refractivity (Wildman–Crippen MR) is 82.7 cm³/mol. The number of nitrogens with one attached hydrogen (secondary N) is 1. The van der Waals surface area contributed by atoms with Crippen molar-refractivity contribution in [3.63, 3.8) is 0 Å². The smallest absolute Gasteiger partial charge is 0.256 e. The Bertz CT molecular complexity index is 836. The summed E-state index contributed by atoms with van der Waals surface area (Å²) in [6.45, 7) is 0. The Morgan fingerprint density at radius 2 is 1.91 bits per heavy atom. The highest BCUT2D eigenvalue weighted by atomic mass is 32.2. The predicted octanol–water partition coefficient (Wildman–Crippen LogP) is 1.56. The zero-order valence-electron chi connectivity index (χ0n) is 12.5. The molecule has 1 aromatic heterocycles. The van der Waals surface area contributed by atoms with Gasteiger partial charge < -0.3 is 5.32 Å². The highest BCUT2D eigenvalue weighted by molar-refractivity contribution is 7.90. The van der Waals surface area contributed by atoms with Crippen LogP contribution in [0.15, 0.2) is 29.2 Å². The summed E-state index contributed by atoms with van der Waals surface area (Å²) in [6.07, 6.45) is 4.07. The van der Waals surface area contributed by atoms with Gasteiger partial charge in [-0.05, 0) is 43.5 Å². The van der Waals surface area contributed by atoms with E-state index in [1.54, 1.807) is 11.7 Å². The van der Waals surface area contributed by atoms with Gasteiger partial charge in [-0.2, -0.15) is 5.10 Å². The van der Waals surface area contributed by atoms with Crippen LogP contribution < -0.4 is 5.32 Å². The van der Waals surface area contributed by atoms with Crippen molar-refractivity contribution in [2.24, 2.45) is 7.05 Å². The average molecular weight is 319 g/mol. The topological polar surface area (TPSA) is 81.1 Å². The Balaban J connectivity index is 1.84. The fraction of sp³-hybridized carbons (Fsp3) is 0.333. The van der Waals surface area contributed by atoms with E-state index in [1.807, 2.05) is 0 Å². The van der Waals surface area contributed by atoms with Crippen LogP contribution in [0.1, 0.15) is 28.0 Å². The van der Waals surface area contributed by atoms with Crippen LogP contribution >= 0.6 is 0 Å². The number of anilines is 1. The van der Waals surface area contributed by atoms with Gasteiger partial charge in [-0.1, -0.05) is 0 Å². The fourth-order valence-electron chi connectivity index (χ4n) is 2.71. The Morgan fingerprint density at radius 1 is 1.23 bits per heavy atom. The second-order valence-corrected chi connectivity index (χ2v) is 7.52. The molecule has 22 heavy (non-hydrogen) atoms. The summed E-state index contributed by atoms with van der Waals surface area (Å²) >= 11 is 0. The van der Waals surface area contributed by atoms with Gasteiger partial charge in [0.1, 0.15) is 5.82 Å². The third-order valence-electron chi connectivity index (χ3n) is 3.85. The first-order valence-corrected chi connectivity index (χ1v) is 8.91. The number of rotatable bonds is 3. The molecule has 1 aliphatic rings. The number of benzene rings is 1. The monoisotopic (exact) mass is 319 g/mol. The molecule has 1 aromatic carbocycles. The lowest BCUT2D eigenvalue weighted by molar-refractivity contribution is 0.102. The number of aromatic nitrogens is 2. The Labute approximate surface area is 129 Å². The van der Waals surface area contributed by atoms with Gasteiger partial charge in [0.25, 0.3) is 5.91 Å². The van der Waals surface area contributed by atoms with Crippen LogP contribution in [-0.2, 0) is 29.7 Å². The van der Waals surface area contributed by atoms with Gasteiger partial charge in [-0.15, -0.1) is 0 Å². The van der Waals surface area contributed by atoms with Crippen LogP contribution in [0.5, 0.6) is 0 Å². The molecular formula is C15H17N3O3S. The van der Waals surface area contributed by atoms with E-state index in [0.29, 0.717) is 5.56 Å². The molecular weight excluding hydrogens is 302 g/mol. The van der Waals surface area contributed by atoms with Gasteiger partial charge in [0.15, 0.2) is 9.84 Å². The molecule has 0 aliphatic heterocycles. The molecule has 2 aromatic rings. The van der Waals surface area contributed by atoms with Gasteiger partial charge in [0.2, 0.25) is 0 Å². The van der Waals surface area contributed by atoms with Crippen molar-refractivity contribution in [3.8, 4) is 0 Å². The van der Waals surface area contributed by atoms with Crippen LogP contribution in [0.2, 0.25) is 0 Å². The minimum atomic E-state index is -3.26. The van der Waals surface area contributed by atoms with Crippen LogP contribution in [-0.4, -0.2) is 30.4 Å². The number of aryl methyl sites for hydroxylation is 2. The van der Waals surface area contributed by atoms with Gasteiger partial charge in [0.05, 0.1) is 10.6 Å². The first kappa shape index (κ1) is 14.8. The van der Waals surface area contributed by atoms with E-state index >= 15 is 0 Å². The molecule has 1 N–H and O–H groups in total. The fourth-order valence-corrected chi connectivity index (χ4v) is 3.34. The lowest BCUT2D eigenvalue weighted by atomic mass is 10.2. The van der Waals surface area contributed by atoms with Crippen molar-refractivity contribution < 1.29 is 13.2 Å². The van der Waals surface area contributed by atoms with Gasteiger partial charge in [0, 0.05) is 24.4 Å². The van der Waals surface area contributed by atoms with Crippen LogP contribution in [0.4, 0.5) is 5.82 Å². The first-order valence-electron chi connectivity index (χ1n) is 7.02. The normalized spacial score (nSPS) is 13.9. The number of carbonyl (C=O) groups is 1. The zero-order chi connectivity index (χ0) is 15.9. The number of amides is 1. The summed E-state index contributed by atoms with van der Waals surface area (Å²) in [5.41, 5.74) is 2.56. The molecule has 0 saturated carbocycles. The maximum absolute atomic E-state index is 12.3. The second kappa shape index (κ2) is 5.24. The quantitative estimate of drug-likeness (QED) is 0.931. The lowest BCUT2D eigenvalue weighted by Gasteiger charge is -2.08. The van der Waals surface area contributed by atoms with Crippen molar-refractivity contribution in [2.45, 2.75) is 24.2 Å². The van der Waals surface area contributed by atoms with Crippen molar-refractivity contribution in [1.82, 2.24) is 9.78 Å². The number of sulfone groups is 1. The van der Waals surface area contributed by atoms with E-state index in [-0.39, 0.29) is 10.8 Å². The highest BCUT2D eigenvalue weighted by Crippen LogP contribution is 2.28. The Morgan fingerprint density at radius 3 is 2.55 bits per heavy atom. The van der Waals surface area contributed by atoms with E-state index in [4.69, 9.17) is 0 Å². The minimum Gasteiger partial charge on any atom is -0.307 e. The third-order valence-corrected chi connectivity index (χ3v) is 4.97. The summed E-state index contributed by atoms with van der Waals surface area (Å²) < 4.78 is 24.5. The van der Waals surface area contributed by atoms with Gasteiger partial charge in [-0.25, -0.2) is 8.42 Å². The molecule has 0 saturated heterocycles. The van der Waals surface area contributed by atoms with E-state index in [2.05, 4.69) is 10.4 Å². The molecule has 0 spiro atoms. The van der Waals surface area contributed by atoms with Crippen LogP contribution in [0.25, 0.3) is 0 Å². The van der Waals surface area contributed by atoms with E-state index in [9.17, 15) is 13.2 Å². The molecule has 0 unspecified atom stereocenters. The zero-order valence-corrected chi connectivity index (χ0v) is 13.3. The lowest BCUT2D eigenvalue weighted by Crippen LogP contribution is -2.15. The SMILES string of the molecule is Cn1nc2c(c1NC(=O)c1ccc(S(C)(=O)=O)cc1)CCC2. The van der Waals surface area contributed by atoms with E-state index in [0.717, 1.165) is 42.6 Å². The van der Waals surface area contributed by atoms with Gasteiger partial charge >= 0.3 is 0 Å². The van der Waals surface area contributed by atoms with Crippen molar-refractivity contribution in [2.75, 3.05) is 11.6 Å². The highest BCUT2D eigenvalue weighted by Gasteiger charge is 2.22. The van der Waals surface area contributed by atoms with Crippen molar-refractivity contribution >= 4 is 21.6 Å². The number of nitrogens with zero attached hydrogens (tertiary/aromatic N) is 2. The molecule has 3 rings (SSSR count). The first-order chi connectivity index (χ1) is 10.4. The summed E-state index contributed by atoms with van der Waals surface area (Å²) in [5, 5.41) is 7.28. The molecule has 0 atom stereocenters. The molecule has 0 bridgehead atoms. The molecule has 6 nitrogen and oxygen atoms in total. The standard InChI is InChI=1S/C15H17N3O3S/c1-18-14(12-4-3-5-13(12)17-18)16-15(19)10-6-8-11(9-7-10)22(2,20)21/h6-9H,3-5H2,1-2H3,(H,16,19). The molecule has 1 amide bonds. The number of fused-ring (bicyclic) bond motifs is 1. The summed E-state index contributed by atoms with van der Waals surface area (Å²) in [5.74, 6) is 0.461. The number of carbonyl (C=O) groups excluding carboxylic acids is 1. The molecule has 116 valence electrons. The third kappa shape index (κ3) is 2.64. The van der Waals surface area contributed by atoms with Crippen molar-refractivity contribution in [1.29, 1.82) is 0 Å². The van der Waals surface area contributed by atoms with Crippen LogP contribution in [0, 0.1) is 0 Å². The van der Waals surface area contributed by atoms with E-state index in [1.165, 1.54) is 24.3 Å². The summed E-state index contributed by atoms with van der Waals surface area (Å²) in [7, 11) is -1.45. The molecule has 0 radical (unpaired) electrons. The molecule has 1 heterocycles. The van der Waals surface area contributed by atoms with Crippen LogP contribution in [0.3, 0.4) is 0 Å². The Hall–Kier alpha value is -2.15. The number of hydrogen-bond donors (Lipinski definition) is 1. The Kier molecular flexibility index (Phi) is 3.52. The van der Waals surface area contributed by atoms with E-state index < -0.39 is 9.84 Å². The summed E-state index contributed by atoms with van der Waals surface area (Å²) in [6, 6.07) is 5.92. The number of hydrogen-bond acceptors (Lipinski definition) is 4. The average Bonchev–Trinajstić information content (AvgIpc) is 3.01. The summed E-state index contributed by atoms with van der Waals surface area (Å²) in [4.78, 5) is 12.5. The minimum absolute atomic E-state index is 0.200. The second-order valence-electron chi connectivity index (χ2n) is 5.50. The molecule has 7 heteroatoms. The molecule has 0 fully saturated rings. The maximum Gasteiger partial charge on any atom is 0.256 e. The maximum atomic E-state index is 12.3. The largest absolute Gasteiger partial charge is 0.307 e. The molecule has 1 aliphatic carbocycles.